The molecule has 2 aromatic rings. The Hall–Kier alpha value is -1.78. The lowest BCUT2D eigenvalue weighted by atomic mass is 9.71. The molecular formula is C19H20Cl2O4. The van der Waals surface area contributed by atoms with Gasteiger partial charge in [0.25, 0.3) is 0 Å². The fraction of sp³-hybridized carbons (Fsp3) is 0.368. The van der Waals surface area contributed by atoms with Gasteiger partial charge in [-0.1, -0.05) is 37.0 Å². The Morgan fingerprint density at radius 1 is 0.960 bits per heavy atom. The highest BCUT2D eigenvalue weighted by molar-refractivity contribution is 6.32. The van der Waals surface area contributed by atoms with Gasteiger partial charge in [-0.25, -0.2) is 0 Å². The van der Waals surface area contributed by atoms with Gasteiger partial charge in [0.1, 0.15) is 28.6 Å². The van der Waals surface area contributed by atoms with Crippen molar-refractivity contribution in [1.29, 1.82) is 0 Å². The molecule has 3 rings (SSSR count). The zero-order chi connectivity index (χ0) is 18.6. The van der Waals surface area contributed by atoms with Crippen LogP contribution in [0.3, 0.4) is 0 Å². The van der Waals surface area contributed by atoms with E-state index in [1.54, 1.807) is 19.2 Å². The molecular weight excluding hydrogens is 363 g/mol. The van der Waals surface area contributed by atoms with Crippen molar-refractivity contribution in [1.82, 2.24) is 0 Å². The van der Waals surface area contributed by atoms with Crippen molar-refractivity contribution in [2.45, 2.75) is 38.2 Å². The van der Waals surface area contributed by atoms with Gasteiger partial charge in [-0.15, -0.1) is 0 Å². The van der Waals surface area contributed by atoms with Gasteiger partial charge in [-0.05, 0) is 24.5 Å². The standard InChI is InChI=1S/C19H20Cl2O4/c1-18(2)9-19(3,10-5-12(20)15(23)7-14(10)22)25-16-8-17(24-4)13(21)6-11(16)18/h5-8,22-23H,9H2,1-4H3. The Kier molecular flexibility index (Phi) is 4.25. The van der Waals surface area contributed by atoms with Crippen LogP contribution in [0.2, 0.25) is 10.0 Å². The molecule has 25 heavy (non-hydrogen) atoms. The third-order valence-corrected chi connectivity index (χ3v) is 5.33. The molecule has 1 aliphatic heterocycles. The molecule has 2 aromatic carbocycles. The Bertz CT molecular complexity index is 848. The van der Waals surface area contributed by atoms with Crippen molar-refractivity contribution in [3.05, 3.63) is 45.4 Å². The first-order chi connectivity index (χ1) is 11.6. The number of hydrogen-bond acceptors (Lipinski definition) is 4. The summed E-state index contributed by atoms with van der Waals surface area (Å²) in [6.45, 7) is 6.07. The summed E-state index contributed by atoms with van der Waals surface area (Å²) in [7, 11) is 1.55. The molecule has 6 heteroatoms. The number of hydrogen-bond donors (Lipinski definition) is 2. The van der Waals surface area contributed by atoms with Crippen molar-refractivity contribution < 1.29 is 19.7 Å². The summed E-state index contributed by atoms with van der Waals surface area (Å²) < 4.78 is 11.6. The van der Waals surface area contributed by atoms with Gasteiger partial charge in [-0.3, -0.25) is 0 Å². The first-order valence-corrected chi connectivity index (χ1v) is 8.62. The lowest BCUT2D eigenvalue weighted by molar-refractivity contribution is 0.0302. The molecule has 0 aromatic heterocycles. The molecule has 0 radical (unpaired) electrons. The number of methoxy groups -OCH3 is 1. The number of aromatic hydroxyl groups is 2. The Morgan fingerprint density at radius 2 is 1.60 bits per heavy atom. The van der Waals surface area contributed by atoms with Crippen LogP contribution in [0.4, 0.5) is 0 Å². The second-order valence-corrected chi connectivity index (χ2v) is 8.01. The zero-order valence-corrected chi connectivity index (χ0v) is 16.0. The van der Waals surface area contributed by atoms with Crippen LogP contribution in [-0.2, 0) is 11.0 Å². The average molecular weight is 383 g/mol. The largest absolute Gasteiger partial charge is 0.507 e. The number of rotatable bonds is 2. The molecule has 0 amide bonds. The van der Waals surface area contributed by atoms with Gasteiger partial charge < -0.3 is 19.7 Å². The number of phenols is 2. The van der Waals surface area contributed by atoms with Crippen LogP contribution >= 0.6 is 23.2 Å². The molecule has 0 saturated carbocycles. The van der Waals surface area contributed by atoms with Crippen molar-refractivity contribution in [3.63, 3.8) is 0 Å². The van der Waals surface area contributed by atoms with Crippen LogP contribution in [-0.4, -0.2) is 17.3 Å². The summed E-state index contributed by atoms with van der Waals surface area (Å²) in [4.78, 5) is 0. The van der Waals surface area contributed by atoms with Gasteiger partial charge in [0.15, 0.2) is 0 Å². The molecule has 0 fully saturated rings. The number of ether oxygens (including phenoxy) is 2. The molecule has 4 nitrogen and oxygen atoms in total. The maximum absolute atomic E-state index is 10.4. The van der Waals surface area contributed by atoms with Crippen molar-refractivity contribution in [2.75, 3.05) is 7.11 Å². The normalized spacial score (nSPS) is 21.4. The second-order valence-electron chi connectivity index (χ2n) is 7.20. The predicted molar refractivity (Wildman–Crippen MR) is 98.4 cm³/mol. The van der Waals surface area contributed by atoms with Crippen molar-refractivity contribution in [3.8, 4) is 23.0 Å². The molecule has 0 spiro atoms. The van der Waals surface area contributed by atoms with E-state index in [0.717, 1.165) is 5.56 Å². The molecule has 1 atom stereocenters. The Balaban J connectivity index is 2.17. The SMILES string of the molecule is COc1cc2c(cc1Cl)C(C)(C)CC(C)(c1cc(Cl)c(O)cc1O)O2. The van der Waals surface area contributed by atoms with Gasteiger partial charge in [0, 0.05) is 29.7 Å². The van der Waals surface area contributed by atoms with E-state index >= 15 is 0 Å². The zero-order valence-electron chi connectivity index (χ0n) is 14.5. The van der Waals surface area contributed by atoms with Crippen LogP contribution < -0.4 is 9.47 Å². The minimum absolute atomic E-state index is 0.0652. The molecule has 1 aliphatic rings. The fourth-order valence-corrected chi connectivity index (χ4v) is 4.05. The topological polar surface area (TPSA) is 58.9 Å². The summed E-state index contributed by atoms with van der Waals surface area (Å²) in [5, 5.41) is 20.7. The molecule has 0 saturated heterocycles. The average Bonchev–Trinajstić information content (AvgIpc) is 2.50. The highest BCUT2D eigenvalue weighted by Crippen LogP contribution is 2.53. The van der Waals surface area contributed by atoms with Gasteiger partial charge in [-0.2, -0.15) is 0 Å². The molecule has 2 N–H and O–H groups in total. The predicted octanol–water partition coefficient (Wildman–Crippen LogP) is 5.39. The van der Waals surface area contributed by atoms with Gasteiger partial charge >= 0.3 is 0 Å². The minimum atomic E-state index is -0.837. The molecule has 134 valence electrons. The maximum atomic E-state index is 10.4. The fourth-order valence-electron chi connectivity index (χ4n) is 3.65. The second kappa shape index (κ2) is 5.89. The summed E-state index contributed by atoms with van der Waals surface area (Å²) >= 11 is 12.3. The summed E-state index contributed by atoms with van der Waals surface area (Å²) in [6, 6.07) is 6.40. The third kappa shape index (κ3) is 2.98. The minimum Gasteiger partial charge on any atom is -0.507 e. The van der Waals surface area contributed by atoms with E-state index < -0.39 is 5.60 Å². The number of halogens is 2. The van der Waals surface area contributed by atoms with Crippen LogP contribution in [0.5, 0.6) is 23.0 Å². The highest BCUT2D eigenvalue weighted by atomic mass is 35.5. The highest BCUT2D eigenvalue weighted by Gasteiger charge is 2.45. The van der Waals surface area contributed by atoms with E-state index in [-0.39, 0.29) is 21.9 Å². The Morgan fingerprint density at radius 3 is 2.24 bits per heavy atom. The summed E-state index contributed by atoms with van der Waals surface area (Å²) in [5.41, 5.74) is 0.384. The number of phenolic OH excluding ortho intramolecular Hbond substituents is 2. The quantitative estimate of drug-likeness (QED) is 0.730. The molecule has 0 aliphatic carbocycles. The third-order valence-electron chi connectivity index (χ3n) is 4.73. The lowest BCUT2D eigenvalue weighted by Gasteiger charge is -2.44. The summed E-state index contributed by atoms with van der Waals surface area (Å²) in [6.07, 6.45) is 0.588. The Labute approximate surface area is 156 Å². The van der Waals surface area contributed by atoms with E-state index in [1.165, 1.54) is 6.07 Å². The molecule has 1 unspecified atom stereocenters. The molecule has 0 bridgehead atoms. The van der Waals surface area contributed by atoms with E-state index in [4.69, 9.17) is 32.7 Å². The van der Waals surface area contributed by atoms with E-state index in [9.17, 15) is 10.2 Å². The number of benzene rings is 2. The van der Waals surface area contributed by atoms with E-state index in [0.29, 0.717) is 28.5 Å². The molecule has 1 heterocycles. The van der Waals surface area contributed by atoms with E-state index in [2.05, 4.69) is 13.8 Å². The maximum Gasteiger partial charge on any atom is 0.141 e. The summed E-state index contributed by atoms with van der Waals surface area (Å²) in [5.74, 6) is 0.928. The van der Waals surface area contributed by atoms with E-state index in [1.807, 2.05) is 13.0 Å². The lowest BCUT2D eigenvalue weighted by Crippen LogP contribution is -2.41. The van der Waals surface area contributed by atoms with Crippen LogP contribution in [0, 0.1) is 0 Å². The van der Waals surface area contributed by atoms with Crippen molar-refractivity contribution in [2.24, 2.45) is 0 Å². The first-order valence-electron chi connectivity index (χ1n) is 7.86. The van der Waals surface area contributed by atoms with Crippen LogP contribution in [0.15, 0.2) is 24.3 Å². The van der Waals surface area contributed by atoms with Gasteiger partial charge in [0.05, 0.1) is 17.2 Å². The smallest absolute Gasteiger partial charge is 0.141 e. The van der Waals surface area contributed by atoms with Crippen LogP contribution in [0.25, 0.3) is 0 Å². The van der Waals surface area contributed by atoms with Crippen LogP contribution in [0.1, 0.15) is 38.3 Å². The first kappa shape index (κ1) is 18.0. The van der Waals surface area contributed by atoms with Crippen molar-refractivity contribution >= 4 is 23.2 Å². The monoisotopic (exact) mass is 382 g/mol. The number of fused-ring (bicyclic) bond motifs is 1. The van der Waals surface area contributed by atoms with Gasteiger partial charge in [0.2, 0.25) is 0 Å².